The van der Waals surface area contributed by atoms with Crippen molar-refractivity contribution in [3.63, 3.8) is 0 Å². The molecule has 9 heteroatoms. The topological polar surface area (TPSA) is 111 Å². The van der Waals surface area contributed by atoms with E-state index in [0.29, 0.717) is 19.6 Å². The molecule has 1 aliphatic heterocycles. The summed E-state index contributed by atoms with van der Waals surface area (Å²) in [5.41, 5.74) is 1.42. The lowest BCUT2D eigenvalue weighted by atomic mass is 10.1. The van der Waals surface area contributed by atoms with E-state index in [1.807, 2.05) is 60.7 Å². The molecule has 0 aliphatic carbocycles. The molecule has 1 aliphatic rings. The molecule has 0 bridgehead atoms. The third-order valence-electron chi connectivity index (χ3n) is 5.85. The molecule has 1 saturated heterocycles. The van der Waals surface area contributed by atoms with Gasteiger partial charge in [0.05, 0.1) is 25.6 Å². The Morgan fingerprint density at radius 1 is 1.06 bits per heavy atom. The van der Waals surface area contributed by atoms with Crippen LogP contribution in [0.15, 0.2) is 76.6 Å². The summed E-state index contributed by atoms with van der Waals surface area (Å²) in [6.07, 6.45) is 0.143. The lowest BCUT2D eigenvalue weighted by molar-refractivity contribution is -0.0649. The second-order valence-corrected chi connectivity index (χ2v) is 8.04. The number of H-pyrrole nitrogens is 1. The van der Waals surface area contributed by atoms with E-state index in [0.717, 1.165) is 11.1 Å². The van der Waals surface area contributed by atoms with Gasteiger partial charge in [0.15, 0.2) is 11.2 Å². The first-order valence-corrected chi connectivity index (χ1v) is 10.8. The minimum Gasteiger partial charge on any atom is -0.394 e. The van der Waals surface area contributed by atoms with E-state index in [4.69, 9.17) is 9.47 Å². The predicted octanol–water partition coefficient (Wildman–Crippen LogP) is 1.80. The van der Waals surface area contributed by atoms with E-state index in [2.05, 4.69) is 9.97 Å². The largest absolute Gasteiger partial charge is 0.394 e. The van der Waals surface area contributed by atoms with Gasteiger partial charge in [-0.2, -0.15) is 0 Å². The van der Waals surface area contributed by atoms with Crippen molar-refractivity contribution in [3.8, 4) is 0 Å². The van der Waals surface area contributed by atoms with E-state index in [9.17, 15) is 14.7 Å². The summed E-state index contributed by atoms with van der Waals surface area (Å²) in [5.74, 6) is 0. The third kappa shape index (κ3) is 4.25. The standard InChI is InChI=1S/C24H24N4O5/c29-13-19-18(32-14-17-9-5-2-6-10-17)11-20(33-19)28-22-21(23(30)26-24(28)31)27(15-25-22)12-16-7-3-1-4-8-16/h1-10,15,18-20,29H,11-14H2,(H,26,30,31)/t18-,19+,20+/m0/s1. The molecule has 5 rings (SSSR count). The first-order chi connectivity index (χ1) is 16.1. The molecule has 3 atom stereocenters. The first kappa shape index (κ1) is 21.3. The van der Waals surface area contributed by atoms with Gasteiger partial charge >= 0.3 is 5.69 Å². The summed E-state index contributed by atoms with van der Waals surface area (Å²) in [5, 5.41) is 9.82. The summed E-state index contributed by atoms with van der Waals surface area (Å²) < 4.78 is 15.0. The highest BCUT2D eigenvalue weighted by Gasteiger charge is 2.38. The van der Waals surface area contributed by atoms with Crippen LogP contribution in [0.4, 0.5) is 0 Å². The Morgan fingerprint density at radius 3 is 2.45 bits per heavy atom. The number of nitrogens with zero attached hydrogens (tertiary/aromatic N) is 3. The Labute approximate surface area is 188 Å². The minimum absolute atomic E-state index is 0.241. The molecule has 2 aromatic carbocycles. The molecule has 170 valence electrons. The van der Waals surface area contributed by atoms with Crippen LogP contribution < -0.4 is 11.2 Å². The average Bonchev–Trinajstić information content (AvgIpc) is 3.43. The summed E-state index contributed by atoms with van der Waals surface area (Å²) >= 11 is 0. The number of aromatic nitrogens is 4. The Hall–Kier alpha value is -3.53. The number of nitrogens with one attached hydrogen (secondary N) is 1. The van der Waals surface area contributed by atoms with Crippen LogP contribution in [0.25, 0.3) is 11.2 Å². The molecular formula is C24H24N4O5. The number of rotatable bonds is 7. The molecule has 0 saturated carbocycles. The maximum atomic E-state index is 12.8. The summed E-state index contributed by atoms with van der Waals surface area (Å²) in [4.78, 5) is 32.2. The molecule has 1 fully saturated rings. The van der Waals surface area contributed by atoms with Gasteiger partial charge in [0.1, 0.15) is 12.3 Å². The lowest BCUT2D eigenvalue weighted by Gasteiger charge is -2.16. The van der Waals surface area contributed by atoms with Crippen LogP contribution in [0.2, 0.25) is 0 Å². The normalized spacial score (nSPS) is 20.5. The predicted molar refractivity (Wildman–Crippen MR) is 121 cm³/mol. The number of hydrogen-bond acceptors (Lipinski definition) is 6. The van der Waals surface area contributed by atoms with Crippen LogP contribution >= 0.6 is 0 Å². The Morgan fingerprint density at radius 2 is 1.76 bits per heavy atom. The summed E-state index contributed by atoms with van der Waals surface area (Å²) in [6.45, 7) is 0.547. The number of aromatic amines is 1. The highest BCUT2D eigenvalue weighted by atomic mass is 16.6. The number of benzene rings is 2. The van der Waals surface area contributed by atoms with Crippen molar-refractivity contribution in [2.24, 2.45) is 0 Å². The van der Waals surface area contributed by atoms with E-state index in [1.165, 1.54) is 4.57 Å². The fourth-order valence-corrected chi connectivity index (χ4v) is 4.24. The van der Waals surface area contributed by atoms with Crippen molar-refractivity contribution < 1.29 is 14.6 Å². The summed E-state index contributed by atoms with van der Waals surface area (Å²) in [7, 11) is 0. The Balaban J connectivity index is 1.44. The fraction of sp³-hybridized carbons (Fsp3) is 0.292. The molecule has 4 aromatic rings. The smallest absolute Gasteiger partial charge is 0.332 e. The molecule has 2 N–H and O–H groups in total. The van der Waals surface area contributed by atoms with Crippen LogP contribution in [0.3, 0.4) is 0 Å². The van der Waals surface area contributed by atoms with E-state index in [1.54, 1.807) is 10.9 Å². The highest BCUT2D eigenvalue weighted by Crippen LogP contribution is 2.31. The molecule has 0 radical (unpaired) electrons. The van der Waals surface area contributed by atoms with Gasteiger partial charge in [-0.3, -0.25) is 9.78 Å². The van der Waals surface area contributed by atoms with Crippen LogP contribution in [-0.2, 0) is 22.6 Å². The van der Waals surface area contributed by atoms with Crippen LogP contribution in [0.5, 0.6) is 0 Å². The monoisotopic (exact) mass is 448 g/mol. The number of aliphatic hydroxyl groups is 1. The molecule has 3 heterocycles. The molecule has 0 amide bonds. The van der Waals surface area contributed by atoms with Crippen LogP contribution in [0.1, 0.15) is 23.8 Å². The molecule has 9 nitrogen and oxygen atoms in total. The van der Waals surface area contributed by atoms with Gasteiger partial charge in [-0.05, 0) is 11.1 Å². The SMILES string of the molecule is O=c1[nH]c(=O)n([C@H]2C[C@H](OCc3ccccc3)[C@@H](CO)O2)c2ncn(Cc3ccccc3)c12. The minimum atomic E-state index is -0.727. The van der Waals surface area contributed by atoms with Crippen molar-refractivity contribution in [2.75, 3.05) is 6.61 Å². The third-order valence-corrected chi connectivity index (χ3v) is 5.85. The summed E-state index contributed by atoms with van der Waals surface area (Å²) in [6, 6.07) is 19.4. The quantitative estimate of drug-likeness (QED) is 0.446. The molecule has 0 spiro atoms. The second-order valence-electron chi connectivity index (χ2n) is 8.04. The number of imidazole rings is 1. The number of ether oxygens (including phenoxy) is 2. The fourth-order valence-electron chi connectivity index (χ4n) is 4.24. The van der Waals surface area contributed by atoms with Gasteiger partial charge in [0.25, 0.3) is 5.56 Å². The van der Waals surface area contributed by atoms with Gasteiger partial charge in [-0.1, -0.05) is 60.7 Å². The maximum Gasteiger partial charge on any atom is 0.332 e. The van der Waals surface area contributed by atoms with E-state index >= 15 is 0 Å². The van der Waals surface area contributed by atoms with Gasteiger partial charge in [0.2, 0.25) is 0 Å². The number of aliphatic hydroxyl groups excluding tert-OH is 1. The van der Waals surface area contributed by atoms with Crippen LogP contribution in [0, 0.1) is 0 Å². The second kappa shape index (κ2) is 9.14. The van der Waals surface area contributed by atoms with Crippen molar-refractivity contribution in [3.05, 3.63) is 99.0 Å². The lowest BCUT2D eigenvalue weighted by Crippen LogP contribution is -2.34. The van der Waals surface area contributed by atoms with Gasteiger partial charge in [-0.25, -0.2) is 14.3 Å². The molecule has 33 heavy (non-hydrogen) atoms. The van der Waals surface area contributed by atoms with Crippen molar-refractivity contribution in [1.82, 2.24) is 19.1 Å². The van der Waals surface area contributed by atoms with Crippen molar-refractivity contribution in [1.29, 1.82) is 0 Å². The Bertz CT molecular complexity index is 1350. The molecule has 2 aromatic heterocycles. The molecular weight excluding hydrogens is 424 g/mol. The zero-order chi connectivity index (χ0) is 22.8. The number of fused-ring (bicyclic) bond motifs is 1. The highest BCUT2D eigenvalue weighted by molar-refractivity contribution is 5.70. The molecule has 0 unspecified atom stereocenters. The zero-order valence-corrected chi connectivity index (χ0v) is 17.8. The van der Waals surface area contributed by atoms with Gasteiger partial charge < -0.3 is 19.1 Å². The van der Waals surface area contributed by atoms with E-state index in [-0.39, 0.29) is 17.8 Å². The first-order valence-electron chi connectivity index (χ1n) is 10.8. The average molecular weight is 448 g/mol. The van der Waals surface area contributed by atoms with Gasteiger partial charge in [0, 0.05) is 13.0 Å². The number of hydrogen-bond donors (Lipinski definition) is 2. The zero-order valence-electron chi connectivity index (χ0n) is 17.8. The van der Waals surface area contributed by atoms with E-state index < -0.39 is 29.7 Å². The Kier molecular flexibility index (Phi) is 5.91. The van der Waals surface area contributed by atoms with Crippen LogP contribution in [-0.4, -0.2) is 43.0 Å². The maximum absolute atomic E-state index is 12.8. The van der Waals surface area contributed by atoms with Crippen molar-refractivity contribution >= 4 is 11.2 Å². The van der Waals surface area contributed by atoms with Gasteiger partial charge in [-0.15, -0.1) is 0 Å². The van der Waals surface area contributed by atoms with Crippen molar-refractivity contribution in [2.45, 2.75) is 38.0 Å².